The molecule has 3 heterocycles. The second-order valence-corrected chi connectivity index (χ2v) is 8.49. The van der Waals surface area contributed by atoms with Crippen LogP contribution in [0.25, 0.3) is 5.00 Å². The SMILES string of the molecule is O=c1c(Cl)c(NCC2CCCOC2)cnn1-c1cnc(C2CCCC2)s1. The van der Waals surface area contributed by atoms with Gasteiger partial charge in [-0.25, -0.2) is 4.98 Å². The summed E-state index contributed by atoms with van der Waals surface area (Å²) in [6.07, 6.45) is 10.5. The minimum atomic E-state index is -0.307. The molecule has 2 aromatic rings. The number of thiazole rings is 1. The van der Waals surface area contributed by atoms with Crippen molar-refractivity contribution in [2.24, 2.45) is 5.92 Å². The Kier molecular flexibility index (Phi) is 5.57. The Morgan fingerprint density at radius 2 is 2.12 bits per heavy atom. The molecule has 1 N–H and O–H groups in total. The van der Waals surface area contributed by atoms with Crippen LogP contribution < -0.4 is 10.9 Å². The molecule has 26 heavy (non-hydrogen) atoms. The predicted molar refractivity (Wildman–Crippen MR) is 104 cm³/mol. The molecule has 0 radical (unpaired) electrons. The molecule has 2 aromatic heterocycles. The number of rotatable bonds is 5. The first kappa shape index (κ1) is 17.9. The summed E-state index contributed by atoms with van der Waals surface area (Å²) in [6.45, 7) is 2.32. The number of ether oxygens (including phenoxy) is 1. The Hall–Kier alpha value is -1.44. The smallest absolute Gasteiger partial charge is 0.293 e. The average molecular weight is 395 g/mol. The van der Waals surface area contributed by atoms with Crippen LogP contribution in [0.5, 0.6) is 0 Å². The van der Waals surface area contributed by atoms with Crippen LogP contribution in [0, 0.1) is 5.92 Å². The van der Waals surface area contributed by atoms with Crippen molar-refractivity contribution in [3.8, 4) is 5.00 Å². The Labute approximate surface area is 161 Å². The Morgan fingerprint density at radius 1 is 1.27 bits per heavy atom. The summed E-state index contributed by atoms with van der Waals surface area (Å²) in [5.74, 6) is 0.969. The normalized spacial score (nSPS) is 21.2. The zero-order valence-corrected chi connectivity index (χ0v) is 16.2. The fourth-order valence-corrected chi connectivity index (χ4v) is 4.91. The van der Waals surface area contributed by atoms with E-state index in [4.69, 9.17) is 16.3 Å². The van der Waals surface area contributed by atoms with E-state index in [0.29, 0.717) is 17.5 Å². The lowest BCUT2D eigenvalue weighted by Gasteiger charge is -2.22. The van der Waals surface area contributed by atoms with Crippen LogP contribution in [-0.4, -0.2) is 34.5 Å². The lowest BCUT2D eigenvalue weighted by molar-refractivity contribution is 0.0595. The van der Waals surface area contributed by atoms with Gasteiger partial charge in [0.1, 0.15) is 10.0 Å². The molecule has 4 rings (SSSR count). The fourth-order valence-electron chi connectivity index (χ4n) is 3.67. The highest BCUT2D eigenvalue weighted by atomic mass is 35.5. The molecule has 1 saturated carbocycles. The van der Waals surface area contributed by atoms with Crippen LogP contribution >= 0.6 is 22.9 Å². The Balaban J connectivity index is 1.49. The number of anilines is 1. The van der Waals surface area contributed by atoms with E-state index < -0.39 is 0 Å². The van der Waals surface area contributed by atoms with Crippen molar-refractivity contribution in [2.75, 3.05) is 25.1 Å². The highest BCUT2D eigenvalue weighted by Gasteiger charge is 2.22. The lowest BCUT2D eigenvalue weighted by Crippen LogP contribution is -2.26. The highest BCUT2D eigenvalue weighted by molar-refractivity contribution is 7.14. The van der Waals surface area contributed by atoms with Crippen LogP contribution in [0.3, 0.4) is 0 Å². The third-order valence-corrected chi connectivity index (χ3v) is 6.68. The number of hydrogen-bond donors (Lipinski definition) is 1. The molecule has 2 fully saturated rings. The van der Waals surface area contributed by atoms with Gasteiger partial charge in [-0.1, -0.05) is 35.8 Å². The third kappa shape index (κ3) is 3.80. The predicted octanol–water partition coefficient (Wildman–Crippen LogP) is 3.84. The molecule has 0 aromatic carbocycles. The number of nitrogens with one attached hydrogen (secondary N) is 1. The van der Waals surface area contributed by atoms with E-state index in [2.05, 4.69) is 15.4 Å². The molecule has 0 amide bonds. The minimum absolute atomic E-state index is 0.174. The summed E-state index contributed by atoms with van der Waals surface area (Å²) in [7, 11) is 0. The standard InChI is InChI=1S/C18H23ClN4O2S/c19-16-14(20-8-12-4-3-7-25-11-12)9-22-23(18(16)24)15-10-21-17(26-15)13-5-1-2-6-13/h9-10,12-13,20H,1-8,11H2. The maximum absolute atomic E-state index is 12.7. The van der Waals surface area contributed by atoms with Gasteiger partial charge in [0.05, 0.1) is 29.7 Å². The van der Waals surface area contributed by atoms with Crippen molar-refractivity contribution >= 4 is 28.6 Å². The number of aromatic nitrogens is 3. The third-order valence-electron chi connectivity index (χ3n) is 5.18. The quantitative estimate of drug-likeness (QED) is 0.834. The van der Waals surface area contributed by atoms with Gasteiger partial charge >= 0.3 is 0 Å². The van der Waals surface area contributed by atoms with Gasteiger partial charge in [0.2, 0.25) is 0 Å². The molecule has 2 aliphatic rings. The van der Waals surface area contributed by atoms with E-state index in [1.165, 1.54) is 30.4 Å². The van der Waals surface area contributed by atoms with Crippen LogP contribution in [0.4, 0.5) is 5.69 Å². The van der Waals surface area contributed by atoms with Gasteiger partial charge in [-0.2, -0.15) is 9.78 Å². The average Bonchev–Trinajstić information content (AvgIpc) is 3.35. The molecule has 0 bridgehead atoms. The van der Waals surface area contributed by atoms with E-state index in [-0.39, 0.29) is 10.6 Å². The second kappa shape index (κ2) is 8.06. The van der Waals surface area contributed by atoms with Gasteiger partial charge in [-0.05, 0) is 31.6 Å². The summed E-state index contributed by atoms with van der Waals surface area (Å²) >= 11 is 7.86. The van der Waals surface area contributed by atoms with Gasteiger partial charge in [0, 0.05) is 19.1 Å². The first-order chi connectivity index (χ1) is 12.7. The molecular weight excluding hydrogens is 372 g/mol. The first-order valence-electron chi connectivity index (χ1n) is 9.28. The number of nitrogens with zero attached hydrogens (tertiary/aromatic N) is 3. The number of halogens is 1. The minimum Gasteiger partial charge on any atom is -0.382 e. The molecule has 1 atom stereocenters. The maximum Gasteiger partial charge on any atom is 0.293 e. The number of hydrogen-bond acceptors (Lipinski definition) is 6. The first-order valence-corrected chi connectivity index (χ1v) is 10.5. The monoisotopic (exact) mass is 394 g/mol. The Morgan fingerprint density at radius 3 is 2.88 bits per heavy atom. The summed E-state index contributed by atoms with van der Waals surface area (Å²) < 4.78 is 6.84. The lowest BCUT2D eigenvalue weighted by atomic mass is 10.0. The van der Waals surface area contributed by atoms with Gasteiger partial charge in [-0.15, -0.1) is 0 Å². The molecule has 140 valence electrons. The van der Waals surface area contributed by atoms with Crippen LogP contribution in [-0.2, 0) is 4.74 Å². The van der Waals surface area contributed by atoms with Crippen LogP contribution in [0.2, 0.25) is 5.02 Å². The van der Waals surface area contributed by atoms with Gasteiger partial charge in [-0.3, -0.25) is 4.79 Å². The zero-order valence-electron chi connectivity index (χ0n) is 14.6. The maximum atomic E-state index is 12.7. The van der Waals surface area contributed by atoms with E-state index in [1.807, 2.05) is 0 Å². The molecule has 0 spiro atoms. The molecular formula is C18H23ClN4O2S. The van der Waals surface area contributed by atoms with Gasteiger partial charge in [0.15, 0.2) is 0 Å². The summed E-state index contributed by atoms with van der Waals surface area (Å²) in [4.78, 5) is 17.2. The van der Waals surface area contributed by atoms with Crippen molar-refractivity contribution in [1.82, 2.24) is 14.8 Å². The zero-order chi connectivity index (χ0) is 17.9. The van der Waals surface area contributed by atoms with E-state index in [0.717, 1.165) is 42.6 Å². The largest absolute Gasteiger partial charge is 0.382 e. The summed E-state index contributed by atoms with van der Waals surface area (Å²) in [5, 5.41) is 9.56. The van der Waals surface area contributed by atoms with Crippen molar-refractivity contribution < 1.29 is 4.74 Å². The van der Waals surface area contributed by atoms with E-state index in [1.54, 1.807) is 23.7 Å². The second-order valence-electron chi connectivity index (χ2n) is 7.07. The van der Waals surface area contributed by atoms with Crippen LogP contribution in [0.15, 0.2) is 17.2 Å². The molecule has 1 aliphatic carbocycles. The van der Waals surface area contributed by atoms with Gasteiger partial charge in [0.25, 0.3) is 5.56 Å². The van der Waals surface area contributed by atoms with Crippen LogP contribution in [0.1, 0.15) is 49.5 Å². The van der Waals surface area contributed by atoms with Crippen molar-refractivity contribution in [1.29, 1.82) is 0 Å². The summed E-state index contributed by atoms with van der Waals surface area (Å²) in [5.41, 5.74) is 0.275. The topological polar surface area (TPSA) is 69.0 Å². The van der Waals surface area contributed by atoms with Crippen molar-refractivity contribution in [3.63, 3.8) is 0 Å². The summed E-state index contributed by atoms with van der Waals surface area (Å²) in [6, 6.07) is 0. The van der Waals surface area contributed by atoms with Crippen molar-refractivity contribution in [2.45, 2.75) is 44.4 Å². The molecule has 1 unspecified atom stereocenters. The molecule has 1 saturated heterocycles. The highest BCUT2D eigenvalue weighted by Crippen LogP contribution is 2.36. The van der Waals surface area contributed by atoms with Gasteiger partial charge < -0.3 is 10.1 Å². The molecule has 1 aliphatic heterocycles. The molecule has 8 heteroatoms. The molecule has 6 nitrogen and oxygen atoms in total. The van der Waals surface area contributed by atoms with E-state index >= 15 is 0 Å². The van der Waals surface area contributed by atoms with Crippen molar-refractivity contribution in [3.05, 3.63) is 32.8 Å². The Bertz CT molecular complexity index is 810. The van der Waals surface area contributed by atoms with E-state index in [9.17, 15) is 4.79 Å². The fraction of sp³-hybridized carbons (Fsp3) is 0.611.